The van der Waals surface area contributed by atoms with Crippen LogP contribution in [0.1, 0.15) is 52.9 Å². The molecule has 2 N–H and O–H groups in total. The number of amides is 3. The van der Waals surface area contributed by atoms with Gasteiger partial charge >= 0.3 is 0 Å². The Kier molecular flexibility index (Phi) is 9.64. The molecule has 4 rings (SSSR count). The van der Waals surface area contributed by atoms with Crippen LogP contribution in [0.15, 0.2) is 60.8 Å². The van der Waals surface area contributed by atoms with E-state index in [2.05, 4.69) is 20.7 Å². The standard InChI is InChI=1S/C30H30ClFN6O4/c1-18(2)37(16-26(40)34-14-21-7-6-9-24(31)28(21)32)27(41)17-38-25-11-10-20(13-23(25)29(36-38)19(3)39)30(42)35-15-22-8-4-5-12-33-22/h4-13,18H,14-17H2,1-3H3,(H,34,40)(H,35,42). The molecular formula is C30H30ClFN6O4. The number of hydrogen-bond donors (Lipinski definition) is 2. The first-order valence-electron chi connectivity index (χ1n) is 13.2. The quantitative estimate of drug-likeness (QED) is 0.254. The van der Waals surface area contributed by atoms with Gasteiger partial charge in [-0.2, -0.15) is 5.10 Å². The zero-order valence-electron chi connectivity index (χ0n) is 23.4. The second-order valence-corrected chi connectivity index (χ2v) is 10.3. The number of ketones is 1. The summed E-state index contributed by atoms with van der Waals surface area (Å²) in [5.41, 5.74) is 1.85. The molecular weight excluding hydrogens is 563 g/mol. The molecule has 2 heterocycles. The van der Waals surface area contributed by atoms with E-state index in [-0.39, 0.29) is 60.2 Å². The van der Waals surface area contributed by atoms with Crippen molar-refractivity contribution in [3.63, 3.8) is 0 Å². The van der Waals surface area contributed by atoms with E-state index in [0.29, 0.717) is 22.2 Å². The van der Waals surface area contributed by atoms with Crippen molar-refractivity contribution in [2.75, 3.05) is 6.54 Å². The summed E-state index contributed by atoms with van der Waals surface area (Å²) >= 11 is 5.81. The number of nitrogens with one attached hydrogen (secondary N) is 2. The lowest BCUT2D eigenvalue weighted by molar-refractivity contribution is -0.138. The third-order valence-corrected chi connectivity index (χ3v) is 6.84. The maximum absolute atomic E-state index is 14.2. The Labute approximate surface area is 246 Å². The fourth-order valence-electron chi connectivity index (χ4n) is 4.34. The molecule has 2 aromatic heterocycles. The number of Topliss-reactive ketones (excluding diaryl/α,β-unsaturated/α-hetero) is 1. The lowest BCUT2D eigenvalue weighted by Gasteiger charge is -2.26. The van der Waals surface area contributed by atoms with Gasteiger partial charge in [-0.15, -0.1) is 0 Å². The van der Waals surface area contributed by atoms with Crippen molar-refractivity contribution in [2.45, 2.75) is 46.4 Å². The minimum Gasteiger partial charge on any atom is -0.350 e. The molecule has 0 saturated carbocycles. The number of nitrogens with zero attached hydrogens (tertiary/aromatic N) is 4. The summed E-state index contributed by atoms with van der Waals surface area (Å²) in [6, 6.07) is 14.4. The summed E-state index contributed by atoms with van der Waals surface area (Å²) in [7, 11) is 0. The van der Waals surface area contributed by atoms with Gasteiger partial charge in [0, 0.05) is 42.2 Å². The molecule has 0 atom stereocenters. The Morgan fingerprint density at radius 1 is 1.02 bits per heavy atom. The van der Waals surface area contributed by atoms with Crippen LogP contribution in [0.4, 0.5) is 4.39 Å². The van der Waals surface area contributed by atoms with Crippen LogP contribution >= 0.6 is 11.6 Å². The van der Waals surface area contributed by atoms with E-state index in [1.165, 1.54) is 28.6 Å². The maximum atomic E-state index is 14.2. The van der Waals surface area contributed by atoms with Gasteiger partial charge in [-0.25, -0.2) is 4.39 Å². The van der Waals surface area contributed by atoms with E-state index >= 15 is 0 Å². The maximum Gasteiger partial charge on any atom is 0.251 e. The van der Waals surface area contributed by atoms with Crippen LogP contribution < -0.4 is 10.6 Å². The average Bonchev–Trinajstić information content (AvgIpc) is 3.33. The summed E-state index contributed by atoms with van der Waals surface area (Å²) in [6.07, 6.45) is 1.64. The van der Waals surface area contributed by atoms with Crippen LogP contribution in [0.25, 0.3) is 10.9 Å². The van der Waals surface area contributed by atoms with E-state index in [1.807, 2.05) is 6.07 Å². The number of carbonyl (C=O) groups is 4. The lowest BCUT2D eigenvalue weighted by atomic mass is 10.1. The smallest absolute Gasteiger partial charge is 0.251 e. The minimum absolute atomic E-state index is 0.0469. The Morgan fingerprint density at radius 2 is 1.81 bits per heavy atom. The van der Waals surface area contributed by atoms with Gasteiger partial charge in [-0.3, -0.25) is 28.8 Å². The van der Waals surface area contributed by atoms with Crippen molar-refractivity contribution >= 4 is 46.0 Å². The second-order valence-electron chi connectivity index (χ2n) is 9.90. The molecule has 0 saturated heterocycles. The minimum atomic E-state index is -0.614. The molecule has 10 nitrogen and oxygen atoms in total. The van der Waals surface area contributed by atoms with Crippen molar-refractivity contribution in [1.82, 2.24) is 30.3 Å². The molecule has 4 aromatic rings. The highest BCUT2D eigenvalue weighted by Gasteiger charge is 2.24. The fraction of sp³-hybridized carbons (Fsp3) is 0.267. The zero-order chi connectivity index (χ0) is 30.4. The van der Waals surface area contributed by atoms with Crippen molar-refractivity contribution < 1.29 is 23.6 Å². The highest BCUT2D eigenvalue weighted by Crippen LogP contribution is 2.22. The topological polar surface area (TPSA) is 126 Å². The molecule has 0 aliphatic carbocycles. The predicted octanol–water partition coefficient (Wildman–Crippen LogP) is 3.91. The number of carbonyl (C=O) groups excluding carboxylic acids is 4. The Hall–Kier alpha value is -4.64. The molecule has 0 unspecified atom stereocenters. The molecule has 12 heteroatoms. The van der Waals surface area contributed by atoms with Crippen LogP contribution in [-0.2, 0) is 29.2 Å². The second kappa shape index (κ2) is 13.3. The highest BCUT2D eigenvalue weighted by atomic mass is 35.5. The Balaban J connectivity index is 1.48. The summed E-state index contributed by atoms with van der Waals surface area (Å²) < 4.78 is 15.6. The first-order valence-corrected chi connectivity index (χ1v) is 13.6. The molecule has 0 bridgehead atoms. The number of benzene rings is 2. The van der Waals surface area contributed by atoms with E-state index < -0.39 is 17.6 Å². The van der Waals surface area contributed by atoms with Crippen molar-refractivity contribution in [1.29, 1.82) is 0 Å². The first kappa shape index (κ1) is 30.3. The normalized spacial score (nSPS) is 11.0. The number of fused-ring (bicyclic) bond motifs is 1. The largest absolute Gasteiger partial charge is 0.350 e. The molecule has 2 aromatic carbocycles. The predicted molar refractivity (Wildman–Crippen MR) is 155 cm³/mol. The number of hydrogen-bond acceptors (Lipinski definition) is 6. The van der Waals surface area contributed by atoms with Crippen LogP contribution in [0.2, 0.25) is 5.02 Å². The number of pyridine rings is 1. The van der Waals surface area contributed by atoms with Gasteiger partial charge in [-0.05, 0) is 50.2 Å². The van der Waals surface area contributed by atoms with Crippen molar-refractivity contribution in [2.24, 2.45) is 0 Å². The van der Waals surface area contributed by atoms with Gasteiger partial charge in [-0.1, -0.05) is 29.8 Å². The van der Waals surface area contributed by atoms with Crippen LogP contribution in [-0.4, -0.2) is 55.8 Å². The lowest BCUT2D eigenvalue weighted by Crippen LogP contribution is -2.45. The number of rotatable bonds is 11. The van der Waals surface area contributed by atoms with Crippen LogP contribution in [0, 0.1) is 5.82 Å². The third kappa shape index (κ3) is 7.16. The monoisotopic (exact) mass is 592 g/mol. The van der Waals surface area contributed by atoms with Gasteiger partial charge in [0.25, 0.3) is 5.91 Å². The molecule has 0 fully saturated rings. The van der Waals surface area contributed by atoms with E-state index in [4.69, 9.17) is 11.6 Å². The summed E-state index contributed by atoms with van der Waals surface area (Å²) in [6.45, 7) is 4.52. The van der Waals surface area contributed by atoms with Gasteiger partial charge in [0.2, 0.25) is 11.8 Å². The highest BCUT2D eigenvalue weighted by molar-refractivity contribution is 6.30. The average molecular weight is 593 g/mol. The van der Waals surface area contributed by atoms with Crippen molar-refractivity contribution in [3.05, 3.63) is 94.1 Å². The SMILES string of the molecule is CC(=O)c1nn(CC(=O)N(CC(=O)NCc2cccc(Cl)c2F)C(C)C)c2ccc(C(=O)NCc3ccccn3)cc12. The van der Waals surface area contributed by atoms with Crippen molar-refractivity contribution in [3.8, 4) is 0 Å². The zero-order valence-corrected chi connectivity index (χ0v) is 24.1. The van der Waals surface area contributed by atoms with Gasteiger partial charge in [0.1, 0.15) is 18.1 Å². The Morgan fingerprint density at radius 3 is 2.50 bits per heavy atom. The third-order valence-electron chi connectivity index (χ3n) is 6.55. The van der Waals surface area contributed by atoms with Gasteiger partial charge < -0.3 is 15.5 Å². The van der Waals surface area contributed by atoms with Crippen LogP contribution in [0.5, 0.6) is 0 Å². The molecule has 0 spiro atoms. The summed E-state index contributed by atoms with van der Waals surface area (Å²) in [5, 5.41) is 10.2. The molecule has 3 amide bonds. The molecule has 218 valence electrons. The van der Waals surface area contributed by atoms with Gasteiger partial charge in [0.15, 0.2) is 5.78 Å². The Bertz CT molecular complexity index is 1640. The molecule has 42 heavy (non-hydrogen) atoms. The van der Waals surface area contributed by atoms with Crippen LogP contribution in [0.3, 0.4) is 0 Å². The molecule has 0 aliphatic rings. The van der Waals surface area contributed by atoms with E-state index in [0.717, 1.165) is 0 Å². The summed E-state index contributed by atoms with van der Waals surface area (Å²) in [5.74, 6) is -2.18. The molecule has 0 aliphatic heterocycles. The molecule has 0 radical (unpaired) electrons. The summed E-state index contributed by atoms with van der Waals surface area (Å²) in [4.78, 5) is 56.7. The fourth-order valence-corrected chi connectivity index (χ4v) is 4.54. The van der Waals surface area contributed by atoms with E-state index in [9.17, 15) is 23.6 Å². The number of aromatic nitrogens is 3. The van der Waals surface area contributed by atoms with Gasteiger partial charge in [0.05, 0.1) is 29.3 Å². The first-order chi connectivity index (χ1) is 20.0. The number of halogens is 2. The van der Waals surface area contributed by atoms with E-state index in [1.54, 1.807) is 56.4 Å².